The van der Waals surface area contributed by atoms with Crippen molar-refractivity contribution in [3.05, 3.63) is 48.2 Å². The van der Waals surface area contributed by atoms with Crippen LogP contribution in [0.25, 0.3) is 0 Å². The molecular formula is C18H22N4O3. The Morgan fingerprint density at radius 1 is 1.08 bits per heavy atom. The minimum atomic E-state index is -0.258. The summed E-state index contributed by atoms with van der Waals surface area (Å²) < 4.78 is 5.41. The quantitative estimate of drug-likeness (QED) is 0.639. The summed E-state index contributed by atoms with van der Waals surface area (Å²) in [6.07, 6.45) is 1.62. The van der Waals surface area contributed by atoms with Crippen molar-refractivity contribution < 1.29 is 14.3 Å². The van der Waals surface area contributed by atoms with Gasteiger partial charge in [-0.1, -0.05) is 0 Å². The van der Waals surface area contributed by atoms with Gasteiger partial charge in [0.05, 0.1) is 12.2 Å². The van der Waals surface area contributed by atoms with E-state index in [2.05, 4.69) is 20.9 Å². The fourth-order valence-electron chi connectivity index (χ4n) is 2.14. The van der Waals surface area contributed by atoms with E-state index in [-0.39, 0.29) is 11.8 Å². The number of aromatic nitrogens is 1. The highest BCUT2D eigenvalue weighted by Gasteiger charge is 2.12. The standard InChI is InChI=1S/C18H22N4O3/c1-3-25-15-8-6-14(7-9-15)22-17-16(5-4-10-20-17)18(24)21-12-11-19-13(2)23/h4-10H,3,11-12H2,1-2H3,(H,19,23)(H,20,22)(H,21,24). The van der Waals surface area contributed by atoms with E-state index in [1.807, 2.05) is 31.2 Å². The number of hydrogen-bond donors (Lipinski definition) is 3. The molecule has 7 heteroatoms. The van der Waals surface area contributed by atoms with Gasteiger partial charge in [0.25, 0.3) is 5.91 Å². The highest BCUT2D eigenvalue weighted by molar-refractivity contribution is 5.99. The molecule has 0 radical (unpaired) electrons. The number of carbonyl (C=O) groups is 2. The van der Waals surface area contributed by atoms with Crippen LogP contribution >= 0.6 is 0 Å². The van der Waals surface area contributed by atoms with Gasteiger partial charge >= 0.3 is 0 Å². The third-order valence-electron chi connectivity index (χ3n) is 3.26. The van der Waals surface area contributed by atoms with E-state index in [1.165, 1.54) is 6.92 Å². The van der Waals surface area contributed by atoms with Crippen molar-refractivity contribution in [2.75, 3.05) is 25.0 Å². The second-order valence-electron chi connectivity index (χ2n) is 5.22. The van der Waals surface area contributed by atoms with Crippen LogP contribution in [0, 0.1) is 0 Å². The number of nitrogens with one attached hydrogen (secondary N) is 3. The van der Waals surface area contributed by atoms with E-state index < -0.39 is 0 Å². The van der Waals surface area contributed by atoms with Crippen LogP contribution in [0.2, 0.25) is 0 Å². The minimum Gasteiger partial charge on any atom is -0.494 e. The van der Waals surface area contributed by atoms with E-state index in [4.69, 9.17) is 4.74 Å². The molecule has 25 heavy (non-hydrogen) atoms. The Balaban J connectivity index is 2.01. The van der Waals surface area contributed by atoms with Gasteiger partial charge in [0.1, 0.15) is 11.6 Å². The van der Waals surface area contributed by atoms with Crippen molar-refractivity contribution in [2.24, 2.45) is 0 Å². The van der Waals surface area contributed by atoms with Crippen LogP contribution in [0.3, 0.4) is 0 Å². The first-order valence-corrected chi connectivity index (χ1v) is 8.07. The van der Waals surface area contributed by atoms with E-state index in [1.54, 1.807) is 18.3 Å². The summed E-state index contributed by atoms with van der Waals surface area (Å²) in [4.78, 5) is 27.4. The van der Waals surface area contributed by atoms with Crippen LogP contribution < -0.4 is 20.7 Å². The molecule has 1 aromatic carbocycles. The minimum absolute atomic E-state index is 0.131. The maximum atomic E-state index is 12.3. The average molecular weight is 342 g/mol. The van der Waals surface area contributed by atoms with E-state index in [0.717, 1.165) is 11.4 Å². The summed E-state index contributed by atoms with van der Waals surface area (Å²) >= 11 is 0. The van der Waals surface area contributed by atoms with Crippen LogP contribution in [-0.2, 0) is 4.79 Å². The van der Waals surface area contributed by atoms with Crippen LogP contribution in [0.1, 0.15) is 24.2 Å². The Bertz CT molecular complexity index is 717. The molecule has 0 aliphatic heterocycles. The summed E-state index contributed by atoms with van der Waals surface area (Å²) in [5.74, 6) is 0.856. The molecule has 1 aromatic heterocycles. The first kappa shape index (κ1) is 18.3. The molecule has 7 nitrogen and oxygen atoms in total. The molecule has 0 atom stereocenters. The molecule has 2 rings (SSSR count). The molecule has 0 fully saturated rings. The van der Waals surface area contributed by atoms with Gasteiger partial charge in [0.15, 0.2) is 0 Å². The number of nitrogens with zero attached hydrogens (tertiary/aromatic N) is 1. The number of carbonyl (C=O) groups excluding carboxylic acids is 2. The van der Waals surface area contributed by atoms with Gasteiger partial charge in [-0.25, -0.2) is 4.98 Å². The summed E-state index contributed by atoms with van der Waals surface area (Å²) in [6.45, 7) is 4.69. The lowest BCUT2D eigenvalue weighted by molar-refractivity contribution is -0.118. The fourth-order valence-corrected chi connectivity index (χ4v) is 2.14. The van der Waals surface area contributed by atoms with E-state index in [9.17, 15) is 9.59 Å². The number of pyridine rings is 1. The first-order valence-electron chi connectivity index (χ1n) is 8.07. The third-order valence-corrected chi connectivity index (χ3v) is 3.26. The zero-order valence-electron chi connectivity index (χ0n) is 14.3. The molecule has 2 amide bonds. The predicted molar refractivity (Wildman–Crippen MR) is 96.1 cm³/mol. The molecule has 132 valence electrons. The summed E-state index contributed by atoms with van der Waals surface area (Å²) in [5, 5.41) is 8.51. The second-order valence-corrected chi connectivity index (χ2v) is 5.22. The number of rotatable bonds is 8. The van der Waals surface area contributed by atoms with Gasteiger partial charge in [-0.15, -0.1) is 0 Å². The molecule has 0 bridgehead atoms. The van der Waals surface area contributed by atoms with Crippen molar-refractivity contribution in [2.45, 2.75) is 13.8 Å². The molecule has 0 unspecified atom stereocenters. The van der Waals surface area contributed by atoms with E-state index >= 15 is 0 Å². The number of amides is 2. The van der Waals surface area contributed by atoms with E-state index in [0.29, 0.717) is 31.1 Å². The Hall–Kier alpha value is -3.09. The highest BCUT2D eigenvalue weighted by atomic mass is 16.5. The van der Waals surface area contributed by atoms with Gasteiger partial charge in [-0.2, -0.15) is 0 Å². The maximum absolute atomic E-state index is 12.3. The van der Waals surface area contributed by atoms with Gasteiger partial charge in [0.2, 0.25) is 5.91 Å². The fraction of sp³-hybridized carbons (Fsp3) is 0.278. The van der Waals surface area contributed by atoms with Gasteiger partial charge < -0.3 is 20.7 Å². The van der Waals surface area contributed by atoms with Gasteiger partial charge in [-0.3, -0.25) is 9.59 Å². The Kier molecular flexibility index (Phi) is 6.76. The smallest absolute Gasteiger partial charge is 0.255 e. The Labute approximate surface area is 146 Å². The third kappa shape index (κ3) is 5.80. The lowest BCUT2D eigenvalue weighted by Crippen LogP contribution is -2.33. The van der Waals surface area contributed by atoms with Gasteiger partial charge in [-0.05, 0) is 43.3 Å². The molecule has 0 spiro atoms. The molecule has 0 aliphatic carbocycles. The highest BCUT2D eigenvalue weighted by Crippen LogP contribution is 2.21. The van der Waals surface area contributed by atoms with Crippen molar-refractivity contribution in [3.8, 4) is 5.75 Å². The zero-order chi connectivity index (χ0) is 18.1. The van der Waals surface area contributed by atoms with Crippen molar-refractivity contribution in [3.63, 3.8) is 0 Å². The normalized spacial score (nSPS) is 10.0. The number of anilines is 2. The van der Waals surface area contributed by atoms with Crippen LogP contribution in [-0.4, -0.2) is 36.5 Å². The second kappa shape index (κ2) is 9.27. The van der Waals surface area contributed by atoms with Gasteiger partial charge in [0, 0.05) is 31.9 Å². The van der Waals surface area contributed by atoms with Crippen molar-refractivity contribution in [1.29, 1.82) is 0 Å². The Morgan fingerprint density at radius 2 is 1.80 bits per heavy atom. The maximum Gasteiger partial charge on any atom is 0.255 e. The molecule has 3 N–H and O–H groups in total. The SMILES string of the molecule is CCOc1ccc(Nc2ncccc2C(=O)NCCNC(C)=O)cc1. The van der Waals surface area contributed by atoms with Crippen LogP contribution in [0.15, 0.2) is 42.6 Å². The molecular weight excluding hydrogens is 320 g/mol. The lowest BCUT2D eigenvalue weighted by atomic mass is 10.2. The summed E-state index contributed by atoms with van der Waals surface area (Å²) in [5.41, 5.74) is 1.23. The largest absolute Gasteiger partial charge is 0.494 e. The molecule has 0 saturated heterocycles. The van der Waals surface area contributed by atoms with Crippen molar-refractivity contribution >= 4 is 23.3 Å². The average Bonchev–Trinajstić information content (AvgIpc) is 2.61. The number of benzene rings is 1. The van der Waals surface area contributed by atoms with Crippen LogP contribution in [0.4, 0.5) is 11.5 Å². The van der Waals surface area contributed by atoms with Crippen LogP contribution in [0.5, 0.6) is 5.75 Å². The molecule has 0 aliphatic rings. The number of hydrogen-bond acceptors (Lipinski definition) is 5. The van der Waals surface area contributed by atoms with Crippen molar-refractivity contribution in [1.82, 2.24) is 15.6 Å². The Morgan fingerprint density at radius 3 is 2.48 bits per heavy atom. The predicted octanol–water partition coefficient (Wildman–Crippen LogP) is 2.09. The number of ether oxygens (including phenoxy) is 1. The topological polar surface area (TPSA) is 92.3 Å². The lowest BCUT2D eigenvalue weighted by Gasteiger charge is -2.12. The molecule has 2 aromatic rings. The molecule has 0 saturated carbocycles. The zero-order valence-corrected chi connectivity index (χ0v) is 14.3. The monoisotopic (exact) mass is 342 g/mol. The summed E-state index contributed by atoms with van der Waals surface area (Å²) in [7, 11) is 0. The summed E-state index contributed by atoms with van der Waals surface area (Å²) in [6, 6.07) is 10.8. The molecule has 1 heterocycles. The first-order chi connectivity index (χ1) is 12.1.